The van der Waals surface area contributed by atoms with Crippen molar-refractivity contribution in [3.8, 4) is 17.2 Å². The van der Waals surface area contributed by atoms with E-state index in [2.05, 4.69) is 10.3 Å². The predicted molar refractivity (Wildman–Crippen MR) is 152 cm³/mol. The molecule has 0 aliphatic heterocycles. The molecule has 0 radical (unpaired) electrons. The Labute approximate surface area is 229 Å². The number of carboxylic acid groups (broad SMARTS) is 1. The van der Waals surface area contributed by atoms with Crippen molar-refractivity contribution in [3.05, 3.63) is 107 Å². The monoisotopic (exact) mass is 528 g/mol. The van der Waals surface area contributed by atoms with Gasteiger partial charge in [-0.15, -0.1) is 0 Å². The molecule has 1 amide bonds. The van der Waals surface area contributed by atoms with Crippen molar-refractivity contribution >= 4 is 11.9 Å². The van der Waals surface area contributed by atoms with E-state index in [4.69, 9.17) is 14.3 Å². The minimum Gasteiger partial charge on any atom is -0.493 e. The van der Waals surface area contributed by atoms with Crippen LogP contribution in [0.25, 0.3) is 11.5 Å². The lowest BCUT2D eigenvalue weighted by molar-refractivity contribution is -0.136. The Morgan fingerprint density at radius 2 is 1.64 bits per heavy atom. The Balaban J connectivity index is 0.00000205. The van der Waals surface area contributed by atoms with Gasteiger partial charge in [-0.1, -0.05) is 68.4 Å². The van der Waals surface area contributed by atoms with E-state index in [0.29, 0.717) is 35.8 Å². The van der Waals surface area contributed by atoms with Crippen molar-refractivity contribution in [2.45, 2.75) is 53.0 Å². The second-order valence-electron chi connectivity index (χ2n) is 8.80. The number of benzene rings is 3. The maximum atomic E-state index is 13.2. The number of oxazole rings is 1. The Morgan fingerprint density at radius 3 is 2.31 bits per heavy atom. The number of aliphatic carboxylic acids is 1. The van der Waals surface area contributed by atoms with Crippen LogP contribution in [-0.2, 0) is 17.6 Å². The molecule has 7 nitrogen and oxygen atoms in total. The molecular formula is C32H36N2O5. The van der Waals surface area contributed by atoms with Crippen molar-refractivity contribution in [2.75, 3.05) is 6.61 Å². The molecule has 39 heavy (non-hydrogen) atoms. The number of ether oxygens (including phenoxy) is 1. The number of nitrogens with zero attached hydrogens (tertiary/aromatic N) is 1. The normalized spacial score (nSPS) is 11.2. The molecule has 4 rings (SSSR count). The predicted octanol–water partition coefficient (Wildman–Crippen LogP) is 6.81. The van der Waals surface area contributed by atoms with Gasteiger partial charge in [0, 0.05) is 24.0 Å². The Bertz CT molecular complexity index is 1350. The summed E-state index contributed by atoms with van der Waals surface area (Å²) in [5.41, 5.74) is 3.77. The quantitative estimate of drug-likeness (QED) is 0.222. The third-order valence-corrected chi connectivity index (χ3v) is 6.10. The van der Waals surface area contributed by atoms with Gasteiger partial charge >= 0.3 is 5.97 Å². The van der Waals surface area contributed by atoms with Crippen LogP contribution in [0.2, 0.25) is 0 Å². The fourth-order valence-corrected chi connectivity index (χ4v) is 4.05. The molecule has 3 aromatic carbocycles. The van der Waals surface area contributed by atoms with Gasteiger partial charge in [0.25, 0.3) is 5.91 Å². The zero-order valence-corrected chi connectivity index (χ0v) is 22.9. The second-order valence-corrected chi connectivity index (χ2v) is 8.80. The maximum Gasteiger partial charge on any atom is 0.303 e. The molecule has 7 heteroatoms. The first kappa shape index (κ1) is 29.2. The van der Waals surface area contributed by atoms with Gasteiger partial charge in [0.05, 0.1) is 18.3 Å². The van der Waals surface area contributed by atoms with Gasteiger partial charge < -0.3 is 19.6 Å². The summed E-state index contributed by atoms with van der Waals surface area (Å²) in [5.74, 6) is 0.647. The molecule has 0 fully saturated rings. The standard InChI is InChI=1S/C30H30N2O5.C2H6/c1-20(22-9-5-3-6-10-22)31-29(35)26-19-25(15-13-23(26)14-16-28(33)34)36-18-17-27-21(2)37-30(32-27)24-11-7-4-8-12-24;1-2/h3-13,15,19-20H,14,16-18H2,1-2H3,(H,31,35)(H,33,34);1-2H3. The Kier molecular flexibility index (Phi) is 10.9. The summed E-state index contributed by atoms with van der Waals surface area (Å²) in [4.78, 5) is 28.9. The Hall–Kier alpha value is -4.39. The molecule has 1 unspecified atom stereocenters. The molecule has 4 aromatic rings. The third kappa shape index (κ3) is 8.30. The van der Waals surface area contributed by atoms with Gasteiger partial charge in [-0.05, 0) is 55.7 Å². The van der Waals surface area contributed by atoms with Crippen molar-refractivity contribution in [2.24, 2.45) is 0 Å². The summed E-state index contributed by atoms with van der Waals surface area (Å²) in [5, 5.41) is 12.1. The molecule has 0 spiro atoms. The number of aryl methyl sites for hydroxylation is 2. The van der Waals surface area contributed by atoms with E-state index >= 15 is 0 Å². The van der Waals surface area contributed by atoms with Crippen LogP contribution in [-0.4, -0.2) is 28.6 Å². The summed E-state index contributed by atoms with van der Waals surface area (Å²) >= 11 is 0. The summed E-state index contributed by atoms with van der Waals surface area (Å²) < 4.78 is 11.8. The molecule has 0 aliphatic rings. The first-order valence-electron chi connectivity index (χ1n) is 13.3. The molecule has 1 heterocycles. The largest absolute Gasteiger partial charge is 0.493 e. The fraction of sp³-hybridized carbons (Fsp3) is 0.281. The van der Waals surface area contributed by atoms with Crippen LogP contribution in [0.15, 0.2) is 83.3 Å². The van der Waals surface area contributed by atoms with Crippen LogP contribution < -0.4 is 10.1 Å². The summed E-state index contributed by atoms with van der Waals surface area (Å²) in [7, 11) is 0. The van der Waals surface area contributed by atoms with Gasteiger partial charge in [-0.3, -0.25) is 9.59 Å². The van der Waals surface area contributed by atoms with Crippen molar-refractivity contribution in [1.29, 1.82) is 0 Å². The molecule has 1 aromatic heterocycles. The molecule has 0 saturated carbocycles. The minimum absolute atomic E-state index is 0.0656. The van der Waals surface area contributed by atoms with Gasteiger partial charge in [-0.25, -0.2) is 4.98 Å². The fourth-order valence-electron chi connectivity index (χ4n) is 4.05. The summed E-state index contributed by atoms with van der Waals surface area (Å²) in [6, 6.07) is 24.4. The van der Waals surface area contributed by atoms with Crippen molar-refractivity contribution in [1.82, 2.24) is 10.3 Å². The SMILES string of the molecule is CC.Cc1oc(-c2ccccc2)nc1CCOc1ccc(CCC(=O)O)c(C(=O)NC(C)c2ccccc2)c1. The number of carboxylic acids is 1. The lowest BCUT2D eigenvalue weighted by Gasteiger charge is -2.17. The molecule has 204 valence electrons. The zero-order chi connectivity index (χ0) is 28.2. The number of nitrogens with one attached hydrogen (secondary N) is 1. The molecular weight excluding hydrogens is 492 g/mol. The highest BCUT2D eigenvalue weighted by Crippen LogP contribution is 2.24. The van der Waals surface area contributed by atoms with E-state index in [1.54, 1.807) is 18.2 Å². The molecule has 1 atom stereocenters. The number of carbonyl (C=O) groups excluding carboxylic acids is 1. The molecule has 2 N–H and O–H groups in total. The van der Waals surface area contributed by atoms with E-state index < -0.39 is 5.97 Å². The Morgan fingerprint density at radius 1 is 0.974 bits per heavy atom. The van der Waals surface area contributed by atoms with E-state index in [1.165, 1.54) is 0 Å². The highest BCUT2D eigenvalue weighted by atomic mass is 16.5. The van der Waals surface area contributed by atoms with Gasteiger partial charge in [0.1, 0.15) is 11.5 Å². The van der Waals surface area contributed by atoms with E-state index in [-0.39, 0.29) is 24.8 Å². The molecule has 0 aliphatic carbocycles. The average molecular weight is 529 g/mol. The number of hydrogen-bond acceptors (Lipinski definition) is 5. The summed E-state index contributed by atoms with van der Waals surface area (Å²) in [6.07, 6.45) is 0.720. The zero-order valence-electron chi connectivity index (χ0n) is 22.9. The average Bonchev–Trinajstić information content (AvgIpc) is 3.34. The van der Waals surface area contributed by atoms with Crippen molar-refractivity contribution < 1.29 is 23.8 Å². The van der Waals surface area contributed by atoms with Crippen LogP contribution in [0.1, 0.15) is 66.2 Å². The smallest absolute Gasteiger partial charge is 0.303 e. The van der Waals surface area contributed by atoms with Crippen LogP contribution in [0, 0.1) is 6.92 Å². The maximum absolute atomic E-state index is 13.2. The molecule has 0 saturated heterocycles. The van der Waals surface area contributed by atoms with E-state index in [1.807, 2.05) is 88.4 Å². The second kappa shape index (κ2) is 14.5. The highest BCUT2D eigenvalue weighted by Gasteiger charge is 2.17. The van der Waals surface area contributed by atoms with Gasteiger partial charge in [0.2, 0.25) is 5.89 Å². The number of hydrogen-bond donors (Lipinski definition) is 2. The van der Waals surface area contributed by atoms with Crippen LogP contribution in [0.4, 0.5) is 0 Å². The van der Waals surface area contributed by atoms with Crippen molar-refractivity contribution in [3.63, 3.8) is 0 Å². The lowest BCUT2D eigenvalue weighted by Crippen LogP contribution is -2.27. The first-order valence-corrected chi connectivity index (χ1v) is 13.3. The topological polar surface area (TPSA) is 102 Å². The van der Waals surface area contributed by atoms with Gasteiger partial charge in [0.15, 0.2) is 0 Å². The number of amides is 1. The van der Waals surface area contributed by atoms with E-state index in [9.17, 15) is 9.59 Å². The van der Waals surface area contributed by atoms with Crippen LogP contribution in [0.3, 0.4) is 0 Å². The van der Waals surface area contributed by atoms with Crippen LogP contribution in [0.5, 0.6) is 5.75 Å². The number of rotatable bonds is 11. The highest BCUT2D eigenvalue weighted by molar-refractivity contribution is 5.96. The first-order chi connectivity index (χ1) is 18.9. The number of carbonyl (C=O) groups is 2. The molecule has 0 bridgehead atoms. The third-order valence-electron chi connectivity index (χ3n) is 6.10. The van der Waals surface area contributed by atoms with E-state index in [0.717, 1.165) is 22.6 Å². The minimum atomic E-state index is -0.915. The lowest BCUT2D eigenvalue weighted by atomic mass is 10.0. The number of aromatic nitrogens is 1. The summed E-state index contributed by atoms with van der Waals surface area (Å²) in [6.45, 7) is 8.13. The van der Waals surface area contributed by atoms with Crippen LogP contribution >= 0.6 is 0 Å². The van der Waals surface area contributed by atoms with Gasteiger partial charge in [-0.2, -0.15) is 0 Å².